The molecule has 1 spiro atoms. The molecule has 1 aliphatic heterocycles. The first-order valence-corrected chi connectivity index (χ1v) is 7.08. The zero-order valence-corrected chi connectivity index (χ0v) is 11.2. The van der Waals surface area contributed by atoms with E-state index in [0.717, 1.165) is 30.9 Å². The summed E-state index contributed by atoms with van der Waals surface area (Å²) in [5.41, 5.74) is 7.25. The minimum Gasteiger partial charge on any atom is -0.391 e. The predicted molar refractivity (Wildman–Crippen MR) is 69.2 cm³/mol. The van der Waals surface area contributed by atoms with Crippen LogP contribution in [-0.4, -0.2) is 18.5 Å². The lowest BCUT2D eigenvalue weighted by molar-refractivity contribution is -0.177. The van der Waals surface area contributed by atoms with Gasteiger partial charge in [-0.1, -0.05) is 13.8 Å². The van der Waals surface area contributed by atoms with E-state index in [1.54, 1.807) is 11.3 Å². The lowest BCUT2D eigenvalue weighted by Crippen LogP contribution is -2.37. The van der Waals surface area contributed by atoms with Gasteiger partial charge in [-0.2, -0.15) is 0 Å². The van der Waals surface area contributed by atoms with Gasteiger partial charge in [-0.15, -0.1) is 11.3 Å². The third-order valence-corrected chi connectivity index (χ3v) is 4.75. The Kier molecular flexibility index (Phi) is 2.69. The van der Waals surface area contributed by atoms with Gasteiger partial charge in [0.15, 0.2) is 5.79 Å². The lowest BCUT2D eigenvalue weighted by atomic mass is 9.93. The maximum absolute atomic E-state index is 6.16. The molecule has 2 N–H and O–H groups in total. The molecule has 94 valence electrons. The molecule has 2 aliphatic rings. The summed E-state index contributed by atoms with van der Waals surface area (Å²) in [5, 5.41) is 0.908. The molecular formula is C13H19NO2S. The van der Waals surface area contributed by atoms with Crippen molar-refractivity contribution in [1.29, 1.82) is 0 Å². The van der Waals surface area contributed by atoms with Crippen LogP contribution in [0.1, 0.15) is 30.7 Å². The van der Waals surface area contributed by atoms with Crippen molar-refractivity contribution < 1.29 is 9.47 Å². The van der Waals surface area contributed by atoms with E-state index >= 15 is 0 Å². The van der Waals surface area contributed by atoms with Gasteiger partial charge >= 0.3 is 0 Å². The fourth-order valence-corrected chi connectivity index (χ4v) is 3.71. The van der Waals surface area contributed by atoms with Crippen molar-refractivity contribution in [2.45, 2.75) is 45.0 Å². The molecule has 1 aliphatic carbocycles. The Morgan fingerprint density at radius 3 is 3.06 bits per heavy atom. The molecule has 0 bridgehead atoms. The van der Waals surface area contributed by atoms with Crippen LogP contribution in [0.15, 0.2) is 6.07 Å². The molecule has 2 unspecified atom stereocenters. The fraction of sp³-hybridized carbons (Fsp3) is 0.692. The van der Waals surface area contributed by atoms with Crippen LogP contribution in [0.25, 0.3) is 0 Å². The number of nitrogen functional groups attached to an aromatic ring is 1. The molecule has 1 aromatic heterocycles. The van der Waals surface area contributed by atoms with E-state index in [1.807, 2.05) is 0 Å². The van der Waals surface area contributed by atoms with Gasteiger partial charge in [-0.25, -0.2) is 0 Å². The van der Waals surface area contributed by atoms with Crippen LogP contribution in [0.2, 0.25) is 0 Å². The van der Waals surface area contributed by atoms with Gasteiger partial charge in [-0.3, -0.25) is 0 Å². The van der Waals surface area contributed by atoms with Gasteiger partial charge in [0.05, 0.1) is 17.7 Å². The molecule has 3 rings (SSSR count). The van der Waals surface area contributed by atoms with Crippen LogP contribution in [0.3, 0.4) is 0 Å². The van der Waals surface area contributed by atoms with Gasteiger partial charge < -0.3 is 15.2 Å². The van der Waals surface area contributed by atoms with E-state index in [0.29, 0.717) is 5.92 Å². The number of nitrogens with two attached hydrogens (primary N) is 1. The molecule has 2 atom stereocenters. The molecule has 17 heavy (non-hydrogen) atoms. The third-order valence-electron chi connectivity index (χ3n) is 3.74. The molecule has 2 heterocycles. The van der Waals surface area contributed by atoms with Crippen molar-refractivity contribution in [3.05, 3.63) is 16.5 Å². The quantitative estimate of drug-likeness (QED) is 0.836. The summed E-state index contributed by atoms with van der Waals surface area (Å²) in [6, 6.07) is 2.10. The van der Waals surface area contributed by atoms with Crippen LogP contribution >= 0.6 is 11.3 Å². The second-order valence-corrected chi connectivity index (χ2v) is 6.56. The minimum atomic E-state index is -0.362. The predicted octanol–water partition coefficient (Wildman–Crippen LogP) is 2.59. The molecule has 0 radical (unpaired) electrons. The second kappa shape index (κ2) is 3.97. The van der Waals surface area contributed by atoms with Crippen molar-refractivity contribution in [2.75, 3.05) is 12.3 Å². The van der Waals surface area contributed by atoms with Crippen molar-refractivity contribution >= 4 is 16.3 Å². The number of hydrogen-bond donors (Lipinski definition) is 1. The summed E-state index contributed by atoms with van der Waals surface area (Å²) in [6.45, 7) is 5.10. The fourth-order valence-electron chi connectivity index (χ4n) is 2.64. The molecule has 0 amide bonds. The zero-order valence-electron chi connectivity index (χ0n) is 10.4. The van der Waals surface area contributed by atoms with Crippen molar-refractivity contribution in [3.8, 4) is 0 Å². The average molecular weight is 253 g/mol. The van der Waals surface area contributed by atoms with E-state index in [4.69, 9.17) is 15.2 Å². The van der Waals surface area contributed by atoms with Gasteiger partial charge in [-0.05, 0) is 24.0 Å². The van der Waals surface area contributed by atoms with Crippen LogP contribution in [-0.2, 0) is 22.3 Å². The normalized spacial score (nSPS) is 32.3. The highest BCUT2D eigenvalue weighted by molar-refractivity contribution is 7.16. The first-order chi connectivity index (χ1) is 8.08. The Morgan fingerprint density at radius 2 is 2.35 bits per heavy atom. The maximum Gasteiger partial charge on any atom is 0.174 e. The number of hydrogen-bond acceptors (Lipinski definition) is 4. The van der Waals surface area contributed by atoms with Crippen molar-refractivity contribution in [2.24, 2.45) is 5.92 Å². The molecule has 1 fully saturated rings. The third kappa shape index (κ3) is 1.98. The molecule has 3 nitrogen and oxygen atoms in total. The molecule has 1 saturated heterocycles. The van der Waals surface area contributed by atoms with E-state index in [9.17, 15) is 0 Å². The summed E-state index contributed by atoms with van der Waals surface area (Å²) in [6.07, 6.45) is 3.09. The van der Waals surface area contributed by atoms with Crippen LogP contribution in [0, 0.1) is 5.92 Å². The summed E-state index contributed by atoms with van der Waals surface area (Å²) in [5.74, 6) is 0.156. The Balaban J connectivity index is 1.80. The number of anilines is 1. The second-order valence-electron chi connectivity index (χ2n) is 5.40. The summed E-state index contributed by atoms with van der Waals surface area (Å²) >= 11 is 1.68. The van der Waals surface area contributed by atoms with Crippen molar-refractivity contribution in [1.82, 2.24) is 0 Å². The van der Waals surface area contributed by atoms with E-state index in [1.165, 1.54) is 10.4 Å². The van der Waals surface area contributed by atoms with Gasteiger partial charge in [0, 0.05) is 17.7 Å². The first kappa shape index (κ1) is 11.5. The number of fused-ring (bicyclic) bond motifs is 1. The highest BCUT2D eigenvalue weighted by atomic mass is 32.1. The molecular weight excluding hydrogens is 234 g/mol. The average Bonchev–Trinajstić information content (AvgIpc) is 2.82. The summed E-state index contributed by atoms with van der Waals surface area (Å²) in [4.78, 5) is 1.35. The van der Waals surface area contributed by atoms with Gasteiger partial charge in [0.25, 0.3) is 0 Å². The molecule has 1 aromatic rings. The zero-order chi connectivity index (χ0) is 12.0. The number of ether oxygens (including phenoxy) is 2. The van der Waals surface area contributed by atoms with Gasteiger partial charge in [0.2, 0.25) is 0 Å². The Bertz CT molecular complexity index is 429. The highest BCUT2D eigenvalue weighted by Crippen LogP contribution is 2.42. The van der Waals surface area contributed by atoms with Gasteiger partial charge in [0.1, 0.15) is 0 Å². The molecule has 4 heteroatoms. The summed E-state index contributed by atoms with van der Waals surface area (Å²) < 4.78 is 12.1. The van der Waals surface area contributed by atoms with Crippen molar-refractivity contribution in [3.63, 3.8) is 0 Å². The van der Waals surface area contributed by atoms with Crippen LogP contribution in [0.4, 0.5) is 5.00 Å². The minimum absolute atomic E-state index is 0.244. The standard InChI is InChI=1S/C13H19NO2S/c1-8(2)10-7-15-13(16-10)4-3-9-5-12(14)17-11(9)6-13/h5,8,10H,3-4,6-7,14H2,1-2H3. The van der Waals surface area contributed by atoms with E-state index < -0.39 is 0 Å². The number of thiophene rings is 1. The maximum atomic E-state index is 6.16. The Labute approximate surface area is 106 Å². The smallest absolute Gasteiger partial charge is 0.174 e. The largest absolute Gasteiger partial charge is 0.391 e. The highest BCUT2D eigenvalue weighted by Gasteiger charge is 2.45. The molecule has 0 saturated carbocycles. The SMILES string of the molecule is CC(C)C1COC2(CCc3cc(N)sc3C2)O1. The molecule has 0 aromatic carbocycles. The van der Waals surface area contributed by atoms with E-state index in [2.05, 4.69) is 19.9 Å². The number of rotatable bonds is 1. The van der Waals surface area contributed by atoms with Crippen LogP contribution in [0.5, 0.6) is 0 Å². The first-order valence-electron chi connectivity index (χ1n) is 6.27. The number of aryl methyl sites for hydroxylation is 1. The lowest BCUT2D eigenvalue weighted by Gasteiger charge is -2.32. The van der Waals surface area contributed by atoms with E-state index in [-0.39, 0.29) is 11.9 Å². The topological polar surface area (TPSA) is 44.5 Å². The monoisotopic (exact) mass is 253 g/mol. The Morgan fingerprint density at radius 1 is 1.53 bits per heavy atom. The Hall–Kier alpha value is -0.580. The van der Waals surface area contributed by atoms with Crippen LogP contribution < -0.4 is 5.73 Å². The summed E-state index contributed by atoms with van der Waals surface area (Å²) in [7, 11) is 0.